The average Bonchev–Trinajstić information content (AvgIpc) is 3.64. The SMILES string of the molecule is Cn1cc(C#Cc2ccc(COc3cccc(-c4cc(F)c(Cc5nc6ccc(C(=O)O)cc6n5C[C@@H]5CCO5)cc4F)n3)c(Cl)n2)cn1. The number of aromatic carboxylic acids is 1. The van der Waals surface area contributed by atoms with Gasteiger partial charge < -0.3 is 19.1 Å². The molecule has 49 heavy (non-hydrogen) atoms. The van der Waals surface area contributed by atoms with Gasteiger partial charge in [-0.25, -0.2) is 28.5 Å². The van der Waals surface area contributed by atoms with E-state index in [9.17, 15) is 9.90 Å². The standard InChI is InChI=1S/C36H27ClF2N6O4/c1-44-18-21(17-40-44)5-8-25-9-6-23(35(37)41-25)20-49-34-4-2-3-30(43-34)27-16-28(38)24(13-29(27)39)15-33-42-31-10-7-22(36(46)47)14-32(31)45(33)19-26-11-12-48-26/h2-4,6-7,9-10,13-14,16-18,26H,11-12,15,19-20H2,1H3,(H,46,47)/t26-/m0/s1. The highest BCUT2D eigenvalue weighted by molar-refractivity contribution is 6.30. The number of imidazole rings is 1. The van der Waals surface area contributed by atoms with Gasteiger partial charge in [-0.15, -0.1) is 0 Å². The molecule has 1 atom stereocenters. The van der Waals surface area contributed by atoms with E-state index in [0.29, 0.717) is 41.3 Å². The largest absolute Gasteiger partial charge is 0.478 e. The molecule has 0 saturated carbocycles. The number of fused-ring (bicyclic) bond motifs is 1. The van der Waals surface area contributed by atoms with E-state index in [0.717, 1.165) is 24.1 Å². The summed E-state index contributed by atoms with van der Waals surface area (Å²) in [7, 11) is 1.81. The number of halogens is 3. The maximum absolute atomic E-state index is 15.6. The molecule has 0 spiro atoms. The number of hydrogen-bond acceptors (Lipinski definition) is 7. The number of carbonyl (C=O) groups is 1. The molecule has 10 nitrogen and oxygen atoms in total. The van der Waals surface area contributed by atoms with Gasteiger partial charge in [0, 0.05) is 43.5 Å². The second-order valence-electron chi connectivity index (χ2n) is 11.5. The fourth-order valence-corrected chi connectivity index (χ4v) is 5.63. The summed E-state index contributed by atoms with van der Waals surface area (Å²) in [5.74, 6) is 4.20. The van der Waals surface area contributed by atoms with Gasteiger partial charge in [-0.3, -0.25) is 4.68 Å². The van der Waals surface area contributed by atoms with E-state index in [1.807, 2.05) is 4.57 Å². The van der Waals surface area contributed by atoms with Crippen molar-refractivity contribution in [1.82, 2.24) is 29.3 Å². The molecule has 0 amide bonds. The van der Waals surface area contributed by atoms with E-state index in [-0.39, 0.29) is 52.5 Å². The smallest absolute Gasteiger partial charge is 0.335 e. The quantitative estimate of drug-likeness (QED) is 0.141. The Bertz CT molecular complexity index is 2290. The Morgan fingerprint density at radius 2 is 1.92 bits per heavy atom. The summed E-state index contributed by atoms with van der Waals surface area (Å²) in [6, 6.07) is 15.1. The van der Waals surface area contributed by atoms with E-state index in [2.05, 4.69) is 31.9 Å². The highest BCUT2D eigenvalue weighted by atomic mass is 35.5. The summed E-state index contributed by atoms with van der Waals surface area (Å²) in [5, 5.41) is 13.8. The molecule has 7 rings (SSSR count). The van der Waals surface area contributed by atoms with Gasteiger partial charge in [-0.05, 0) is 66.4 Å². The normalized spacial score (nSPS) is 13.9. The first kappa shape index (κ1) is 31.9. The zero-order valence-electron chi connectivity index (χ0n) is 26.0. The molecular formula is C36H27ClF2N6O4. The van der Waals surface area contributed by atoms with Crippen molar-refractivity contribution in [2.45, 2.75) is 32.1 Å². The molecule has 1 aliphatic rings. The van der Waals surface area contributed by atoms with E-state index >= 15 is 8.78 Å². The number of ether oxygens (including phenoxy) is 2. The Labute approximate surface area is 283 Å². The summed E-state index contributed by atoms with van der Waals surface area (Å²) < 4.78 is 46.1. The van der Waals surface area contributed by atoms with Crippen molar-refractivity contribution >= 4 is 28.6 Å². The number of aryl methyl sites for hydroxylation is 1. The highest BCUT2D eigenvalue weighted by Gasteiger charge is 2.24. The Hall–Kier alpha value is -5.64. The second kappa shape index (κ2) is 13.5. The van der Waals surface area contributed by atoms with Crippen LogP contribution in [0.4, 0.5) is 8.78 Å². The Morgan fingerprint density at radius 3 is 2.65 bits per heavy atom. The van der Waals surface area contributed by atoms with Gasteiger partial charge in [0.05, 0.1) is 46.7 Å². The van der Waals surface area contributed by atoms with E-state index in [1.165, 1.54) is 12.1 Å². The number of carboxylic acid groups (broad SMARTS) is 1. The van der Waals surface area contributed by atoms with Crippen LogP contribution in [-0.2, 0) is 31.4 Å². The molecule has 6 aromatic rings. The van der Waals surface area contributed by atoms with E-state index < -0.39 is 17.6 Å². The van der Waals surface area contributed by atoms with Crippen molar-refractivity contribution in [2.75, 3.05) is 6.61 Å². The van der Waals surface area contributed by atoms with Gasteiger partial charge in [-0.2, -0.15) is 5.10 Å². The summed E-state index contributed by atoms with van der Waals surface area (Å²) in [6.45, 7) is 1.09. The van der Waals surface area contributed by atoms with Crippen LogP contribution in [0.5, 0.6) is 5.88 Å². The van der Waals surface area contributed by atoms with Gasteiger partial charge in [0.25, 0.3) is 0 Å². The molecule has 0 aliphatic carbocycles. The third kappa shape index (κ3) is 6.99. The summed E-state index contributed by atoms with van der Waals surface area (Å²) in [5.41, 5.74) is 3.31. The Kier molecular flexibility index (Phi) is 8.78. The molecule has 2 aromatic carbocycles. The molecule has 246 valence electrons. The van der Waals surface area contributed by atoms with E-state index in [1.54, 1.807) is 60.5 Å². The van der Waals surface area contributed by atoms with Crippen LogP contribution in [0.25, 0.3) is 22.3 Å². The first-order chi connectivity index (χ1) is 23.7. The zero-order chi connectivity index (χ0) is 34.1. The lowest BCUT2D eigenvalue weighted by Gasteiger charge is -2.27. The van der Waals surface area contributed by atoms with Crippen LogP contribution < -0.4 is 4.74 Å². The van der Waals surface area contributed by atoms with Gasteiger partial charge in [0.1, 0.15) is 34.9 Å². The molecule has 0 radical (unpaired) electrons. The summed E-state index contributed by atoms with van der Waals surface area (Å²) in [4.78, 5) is 25.0. The van der Waals surface area contributed by atoms with Crippen molar-refractivity contribution in [2.24, 2.45) is 7.05 Å². The van der Waals surface area contributed by atoms with Crippen molar-refractivity contribution in [3.8, 4) is 29.0 Å². The number of rotatable bonds is 9. The molecule has 13 heteroatoms. The number of nitrogens with zero attached hydrogens (tertiary/aromatic N) is 6. The van der Waals surface area contributed by atoms with Crippen LogP contribution >= 0.6 is 11.6 Å². The number of hydrogen-bond donors (Lipinski definition) is 1. The van der Waals surface area contributed by atoms with Crippen LogP contribution in [0.2, 0.25) is 5.15 Å². The van der Waals surface area contributed by atoms with Crippen molar-refractivity contribution in [3.63, 3.8) is 0 Å². The van der Waals surface area contributed by atoms with Crippen LogP contribution in [0.1, 0.15) is 45.0 Å². The van der Waals surface area contributed by atoms with Gasteiger partial charge >= 0.3 is 5.97 Å². The molecule has 1 aliphatic heterocycles. The second-order valence-corrected chi connectivity index (χ2v) is 11.8. The number of carboxylic acids is 1. The topological polar surface area (TPSA) is 117 Å². The first-order valence-corrected chi connectivity index (χ1v) is 15.7. The van der Waals surface area contributed by atoms with Crippen LogP contribution in [-0.4, -0.2) is 53.1 Å². The Balaban J connectivity index is 1.08. The first-order valence-electron chi connectivity index (χ1n) is 15.3. The van der Waals surface area contributed by atoms with Gasteiger partial charge in [0.2, 0.25) is 5.88 Å². The number of pyridine rings is 2. The number of benzene rings is 2. The van der Waals surface area contributed by atoms with E-state index in [4.69, 9.17) is 21.1 Å². The molecule has 0 unspecified atom stereocenters. The zero-order valence-corrected chi connectivity index (χ0v) is 26.8. The molecule has 1 saturated heterocycles. The van der Waals surface area contributed by atoms with Crippen LogP contribution in [0, 0.1) is 23.5 Å². The molecule has 1 fully saturated rings. The molecular weight excluding hydrogens is 654 g/mol. The summed E-state index contributed by atoms with van der Waals surface area (Å²) in [6.07, 6.45) is 4.19. The third-order valence-corrected chi connectivity index (χ3v) is 8.41. The van der Waals surface area contributed by atoms with Crippen molar-refractivity contribution in [1.29, 1.82) is 0 Å². The predicted molar refractivity (Wildman–Crippen MR) is 176 cm³/mol. The van der Waals surface area contributed by atoms with Crippen LogP contribution in [0.15, 0.2) is 73.1 Å². The lowest BCUT2D eigenvalue weighted by atomic mass is 10.0. The van der Waals surface area contributed by atoms with Crippen LogP contribution in [0.3, 0.4) is 0 Å². The average molecular weight is 681 g/mol. The maximum atomic E-state index is 15.6. The van der Waals surface area contributed by atoms with Gasteiger partial charge in [0.15, 0.2) is 0 Å². The minimum absolute atomic E-state index is 0.0218. The minimum Gasteiger partial charge on any atom is -0.478 e. The maximum Gasteiger partial charge on any atom is 0.335 e. The summed E-state index contributed by atoms with van der Waals surface area (Å²) >= 11 is 6.38. The third-order valence-electron chi connectivity index (χ3n) is 8.08. The fourth-order valence-electron chi connectivity index (χ4n) is 5.43. The molecule has 1 N–H and O–H groups in total. The molecule has 5 heterocycles. The fraction of sp³-hybridized carbons (Fsp3) is 0.194. The lowest BCUT2D eigenvalue weighted by Crippen LogP contribution is -2.31. The highest BCUT2D eigenvalue weighted by Crippen LogP contribution is 2.29. The van der Waals surface area contributed by atoms with Crippen molar-refractivity contribution < 1.29 is 28.2 Å². The molecule has 0 bridgehead atoms. The Morgan fingerprint density at radius 1 is 1.06 bits per heavy atom. The monoisotopic (exact) mass is 680 g/mol. The number of aromatic nitrogens is 6. The van der Waals surface area contributed by atoms with Gasteiger partial charge in [-0.1, -0.05) is 23.6 Å². The lowest BCUT2D eigenvalue weighted by molar-refractivity contribution is -0.0589. The van der Waals surface area contributed by atoms with Crippen molar-refractivity contribution in [3.05, 3.63) is 124 Å². The molecule has 4 aromatic heterocycles. The predicted octanol–water partition coefficient (Wildman–Crippen LogP) is 6.22. The minimum atomic E-state index is -1.07.